The number of carbonyl (C=O) groups is 3. The topological polar surface area (TPSA) is 100 Å². The molecule has 1 atom stereocenters. The molecule has 1 aromatic heterocycles. The van der Waals surface area contributed by atoms with Gasteiger partial charge in [0.25, 0.3) is 5.91 Å². The maximum absolute atomic E-state index is 12.6. The second-order valence-electron chi connectivity index (χ2n) is 9.68. The molecule has 0 aliphatic rings. The smallest absolute Gasteiger partial charge is 0.253 e. The first-order valence-corrected chi connectivity index (χ1v) is 14.5. The van der Waals surface area contributed by atoms with Crippen molar-refractivity contribution in [1.82, 2.24) is 20.9 Å². The van der Waals surface area contributed by atoms with Crippen LogP contribution in [0.2, 0.25) is 0 Å². The van der Waals surface area contributed by atoms with Gasteiger partial charge in [-0.15, -0.1) is 0 Å². The normalized spacial score (nSPS) is 12.8. The molecule has 3 amide bonds. The molecule has 0 spiro atoms. The van der Waals surface area contributed by atoms with Crippen molar-refractivity contribution >= 4 is 17.7 Å². The third-order valence-electron chi connectivity index (χ3n) is 5.84. The van der Waals surface area contributed by atoms with Crippen molar-refractivity contribution in [3.05, 3.63) is 90.9 Å². The molecule has 0 aliphatic heterocycles. The van der Waals surface area contributed by atoms with Gasteiger partial charge in [0.1, 0.15) is 6.04 Å². The van der Waals surface area contributed by atoms with Crippen molar-refractivity contribution in [2.75, 3.05) is 13.1 Å². The number of pyridine rings is 1. The van der Waals surface area contributed by atoms with Crippen LogP contribution >= 0.6 is 0 Å². The number of nitrogens with zero attached hydrogens (tertiary/aromatic N) is 1. The molecule has 0 unspecified atom stereocenters. The Labute approximate surface area is 241 Å². The summed E-state index contributed by atoms with van der Waals surface area (Å²) in [7, 11) is 0. The van der Waals surface area contributed by atoms with Crippen LogP contribution in [0.5, 0.6) is 0 Å². The van der Waals surface area contributed by atoms with Crippen molar-refractivity contribution in [1.29, 1.82) is 0 Å². The maximum atomic E-state index is 12.6. The van der Waals surface area contributed by atoms with Crippen molar-refractivity contribution < 1.29 is 14.4 Å². The van der Waals surface area contributed by atoms with E-state index in [1.807, 2.05) is 13.8 Å². The van der Waals surface area contributed by atoms with E-state index in [1.165, 1.54) is 6.20 Å². The van der Waals surface area contributed by atoms with Crippen molar-refractivity contribution in [3.8, 4) is 0 Å². The van der Waals surface area contributed by atoms with Crippen LogP contribution in [0, 0.1) is 5.92 Å². The fourth-order valence-corrected chi connectivity index (χ4v) is 3.59. The van der Waals surface area contributed by atoms with Gasteiger partial charge in [0.15, 0.2) is 0 Å². The molecule has 7 heteroatoms. The Morgan fingerprint density at radius 2 is 1.40 bits per heavy atom. The molecule has 0 bridgehead atoms. The number of hydrogen-bond acceptors (Lipinski definition) is 4. The van der Waals surface area contributed by atoms with Crippen LogP contribution in [0.25, 0.3) is 0 Å². The molecular formula is C33H48N4O3. The van der Waals surface area contributed by atoms with E-state index in [-0.39, 0.29) is 23.6 Å². The average Bonchev–Trinajstić information content (AvgIpc) is 2.95. The third-order valence-corrected chi connectivity index (χ3v) is 5.84. The summed E-state index contributed by atoms with van der Waals surface area (Å²) < 4.78 is 0. The predicted molar refractivity (Wildman–Crippen MR) is 165 cm³/mol. The van der Waals surface area contributed by atoms with Gasteiger partial charge in [-0.3, -0.25) is 19.4 Å². The minimum atomic E-state index is -0.674. The van der Waals surface area contributed by atoms with Crippen LogP contribution in [-0.2, 0) is 9.59 Å². The van der Waals surface area contributed by atoms with Gasteiger partial charge in [-0.2, -0.15) is 0 Å². The summed E-state index contributed by atoms with van der Waals surface area (Å²) >= 11 is 0. The highest BCUT2D eigenvalue weighted by atomic mass is 16.2. The van der Waals surface area contributed by atoms with Crippen molar-refractivity contribution in [2.45, 2.75) is 78.2 Å². The van der Waals surface area contributed by atoms with Gasteiger partial charge in [0.2, 0.25) is 11.8 Å². The number of aromatic nitrogens is 1. The Morgan fingerprint density at radius 1 is 0.825 bits per heavy atom. The second kappa shape index (κ2) is 23.2. The predicted octanol–water partition coefficient (Wildman–Crippen LogP) is 5.99. The Bertz CT molecular complexity index is 994. The van der Waals surface area contributed by atoms with Crippen molar-refractivity contribution in [2.24, 2.45) is 5.92 Å². The van der Waals surface area contributed by atoms with Gasteiger partial charge in [-0.25, -0.2) is 0 Å². The molecule has 3 N–H and O–H groups in total. The molecule has 40 heavy (non-hydrogen) atoms. The van der Waals surface area contributed by atoms with E-state index in [2.05, 4.69) is 88.6 Å². The summed E-state index contributed by atoms with van der Waals surface area (Å²) in [6.07, 6.45) is 31.7. The van der Waals surface area contributed by atoms with E-state index in [9.17, 15) is 14.4 Å². The highest BCUT2D eigenvalue weighted by Gasteiger charge is 2.24. The van der Waals surface area contributed by atoms with E-state index in [0.29, 0.717) is 25.1 Å². The molecule has 0 saturated carbocycles. The molecule has 7 nitrogen and oxygen atoms in total. The lowest BCUT2D eigenvalue weighted by atomic mass is 10.0. The zero-order valence-electron chi connectivity index (χ0n) is 24.5. The maximum Gasteiger partial charge on any atom is 0.253 e. The van der Waals surface area contributed by atoms with Crippen LogP contribution in [-0.4, -0.2) is 41.8 Å². The largest absolute Gasteiger partial charge is 0.354 e. The quantitative estimate of drug-likeness (QED) is 0.138. The summed E-state index contributed by atoms with van der Waals surface area (Å²) in [5, 5.41) is 8.38. The fourth-order valence-electron chi connectivity index (χ4n) is 3.59. The number of hydrogen-bond donors (Lipinski definition) is 3. The van der Waals surface area contributed by atoms with Gasteiger partial charge in [0.05, 0.1) is 5.56 Å². The van der Waals surface area contributed by atoms with Gasteiger partial charge in [0, 0.05) is 31.9 Å². The first-order valence-electron chi connectivity index (χ1n) is 14.5. The lowest BCUT2D eigenvalue weighted by molar-refractivity contribution is -0.124. The Balaban J connectivity index is 2.10. The molecule has 1 heterocycles. The molecule has 0 aromatic carbocycles. The van der Waals surface area contributed by atoms with Crippen LogP contribution in [0.1, 0.15) is 82.5 Å². The standard InChI is InChI=1S/C33H48N4O3/c1-4-5-6-7-8-9-10-11-12-13-14-15-16-17-18-19-20-23-30(38)35-25-26-36-33(40)31(28(2)3)37-32(39)29-22-21-24-34-27-29/h5-6,8-9,11-12,14-15,17-18,21-22,24,27-28,31H,4,7,10,13,16,19-20,23,25-26H2,1-3H3,(H,35,38)(H,36,40)(H,37,39)/t31-/m0/s1. The molecular weight excluding hydrogens is 500 g/mol. The summed E-state index contributed by atoms with van der Waals surface area (Å²) in [5.41, 5.74) is 0.401. The van der Waals surface area contributed by atoms with E-state index in [1.54, 1.807) is 18.3 Å². The van der Waals surface area contributed by atoms with E-state index >= 15 is 0 Å². The summed E-state index contributed by atoms with van der Waals surface area (Å²) in [4.78, 5) is 40.9. The summed E-state index contributed by atoms with van der Waals surface area (Å²) in [6, 6.07) is 2.65. The highest BCUT2D eigenvalue weighted by Crippen LogP contribution is 2.05. The lowest BCUT2D eigenvalue weighted by Crippen LogP contribution is -2.50. The van der Waals surface area contributed by atoms with Gasteiger partial charge in [-0.05, 0) is 63.0 Å². The molecule has 218 valence electrons. The molecule has 1 aromatic rings. The van der Waals surface area contributed by atoms with Crippen LogP contribution in [0.15, 0.2) is 85.3 Å². The number of amides is 3. The van der Waals surface area contributed by atoms with Gasteiger partial charge in [-0.1, -0.05) is 81.5 Å². The highest BCUT2D eigenvalue weighted by molar-refractivity contribution is 5.97. The lowest BCUT2D eigenvalue weighted by Gasteiger charge is -2.21. The first kappa shape index (κ1) is 34.3. The van der Waals surface area contributed by atoms with E-state index in [4.69, 9.17) is 0 Å². The number of nitrogens with one attached hydrogen (secondary N) is 3. The van der Waals surface area contributed by atoms with E-state index in [0.717, 1.165) is 44.9 Å². The first-order chi connectivity index (χ1) is 19.5. The minimum Gasteiger partial charge on any atom is -0.354 e. The number of allylic oxidation sites excluding steroid dienone is 10. The molecule has 1 rings (SSSR count). The third kappa shape index (κ3) is 17.7. The number of rotatable bonds is 20. The minimum absolute atomic E-state index is 0.0353. The summed E-state index contributed by atoms with van der Waals surface area (Å²) in [6.45, 7) is 6.52. The number of carbonyl (C=O) groups excluding carboxylic acids is 3. The fraction of sp³-hybridized carbons (Fsp3) is 0.455. The van der Waals surface area contributed by atoms with Crippen LogP contribution < -0.4 is 16.0 Å². The monoisotopic (exact) mass is 548 g/mol. The number of unbranched alkanes of at least 4 members (excludes halogenated alkanes) is 1. The van der Waals surface area contributed by atoms with Crippen LogP contribution in [0.4, 0.5) is 0 Å². The van der Waals surface area contributed by atoms with E-state index < -0.39 is 6.04 Å². The molecule has 0 saturated heterocycles. The molecule has 0 radical (unpaired) electrons. The Hall–Kier alpha value is -3.74. The van der Waals surface area contributed by atoms with Crippen LogP contribution in [0.3, 0.4) is 0 Å². The zero-order valence-corrected chi connectivity index (χ0v) is 24.5. The van der Waals surface area contributed by atoms with Gasteiger partial charge < -0.3 is 16.0 Å². The zero-order chi connectivity index (χ0) is 29.3. The molecule has 0 aliphatic carbocycles. The SMILES string of the molecule is CCC=CCC=CCC=CCC=CCC=CCCCC(=O)NCCNC(=O)[C@@H](NC(=O)c1cccnc1)C(C)C. The van der Waals surface area contributed by atoms with Gasteiger partial charge >= 0.3 is 0 Å². The van der Waals surface area contributed by atoms with Crippen molar-refractivity contribution in [3.63, 3.8) is 0 Å². The average molecular weight is 549 g/mol. The second-order valence-corrected chi connectivity index (χ2v) is 9.68. The molecule has 0 fully saturated rings. The summed E-state index contributed by atoms with van der Waals surface area (Å²) in [5.74, 6) is -0.749. The Kier molecular flexibility index (Phi) is 19.9. The Morgan fingerprint density at radius 3 is 1.95 bits per heavy atom.